The van der Waals surface area contributed by atoms with Gasteiger partial charge >= 0.3 is 0 Å². The summed E-state index contributed by atoms with van der Waals surface area (Å²) in [4.78, 5) is 23.5. The van der Waals surface area contributed by atoms with Gasteiger partial charge in [0.15, 0.2) is 0 Å². The zero-order valence-corrected chi connectivity index (χ0v) is 23.6. The Labute approximate surface area is 247 Å². The second-order valence-corrected chi connectivity index (χ2v) is 10.5. The molecule has 2 atom stereocenters. The van der Waals surface area contributed by atoms with Crippen molar-refractivity contribution in [2.45, 2.75) is 31.7 Å². The van der Waals surface area contributed by atoms with Crippen LogP contribution in [-0.4, -0.2) is 69.4 Å². The molecule has 1 amide bonds. The van der Waals surface area contributed by atoms with Crippen molar-refractivity contribution >= 4 is 45.6 Å². The Morgan fingerprint density at radius 1 is 1.12 bits per heavy atom. The molecule has 11 nitrogen and oxygen atoms in total. The summed E-state index contributed by atoms with van der Waals surface area (Å²) >= 11 is 6.51. The Morgan fingerprint density at radius 2 is 1.98 bits per heavy atom. The maximum Gasteiger partial charge on any atom is 0.247 e. The van der Waals surface area contributed by atoms with Crippen LogP contribution in [0.4, 0.5) is 17.2 Å². The highest BCUT2D eigenvalue weighted by Crippen LogP contribution is 2.35. The SMILES string of the molecule is C=CC(=O)Nc1cc2c(Nc3ccc(OCc4cccnn4)c(Cl)c3)ncnc2cc1OCCN1CC2CCC(C1)O2. The van der Waals surface area contributed by atoms with Gasteiger partial charge in [-0.2, -0.15) is 10.2 Å². The molecule has 2 saturated heterocycles. The number of amides is 1. The number of nitrogens with zero attached hydrogens (tertiary/aromatic N) is 5. The van der Waals surface area contributed by atoms with Crippen LogP contribution in [0.25, 0.3) is 10.9 Å². The molecular weight excluding hydrogens is 558 g/mol. The van der Waals surface area contributed by atoms with Crippen LogP contribution in [-0.2, 0) is 16.1 Å². The zero-order valence-electron chi connectivity index (χ0n) is 22.8. The van der Waals surface area contributed by atoms with Crippen LogP contribution in [0.3, 0.4) is 0 Å². The Morgan fingerprint density at radius 3 is 2.74 bits per heavy atom. The van der Waals surface area contributed by atoms with Gasteiger partial charge in [-0.1, -0.05) is 18.2 Å². The monoisotopic (exact) mass is 587 g/mol. The molecule has 2 bridgehead atoms. The zero-order chi connectivity index (χ0) is 28.9. The van der Waals surface area contributed by atoms with E-state index in [4.69, 9.17) is 25.8 Å². The Balaban J connectivity index is 1.18. The maximum atomic E-state index is 12.3. The van der Waals surface area contributed by atoms with Crippen LogP contribution in [0.2, 0.25) is 5.02 Å². The van der Waals surface area contributed by atoms with E-state index >= 15 is 0 Å². The maximum absolute atomic E-state index is 12.3. The van der Waals surface area contributed by atoms with Crippen LogP contribution in [0.1, 0.15) is 18.5 Å². The van der Waals surface area contributed by atoms with Gasteiger partial charge in [-0.25, -0.2) is 9.97 Å². The molecule has 12 heteroatoms. The van der Waals surface area contributed by atoms with E-state index in [0.29, 0.717) is 69.1 Å². The fraction of sp³-hybridized carbons (Fsp3) is 0.300. The molecule has 0 aliphatic carbocycles. The molecule has 0 radical (unpaired) electrons. The third kappa shape index (κ3) is 6.59. The topological polar surface area (TPSA) is 124 Å². The third-order valence-corrected chi connectivity index (χ3v) is 7.46. The molecule has 4 aromatic rings. The molecule has 2 aromatic carbocycles. The fourth-order valence-corrected chi connectivity index (χ4v) is 5.38. The lowest BCUT2D eigenvalue weighted by atomic mass is 10.1. The molecule has 2 N–H and O–H groups in total. The minimum atomic E-state index is -0.348. The van der Waals surface area contributed by atoms with Gasteiger partial charge in [0, 0.05) is 43.0 Å². The van der Waals surface area contributed by atoms with Crippen molar-refractivity contribution in [1.82, 2.24) is 25.1 Å². The summed E-state index contributed by atoms with van der Waals surface area (Å²) in [5, 5.41) is 15.1. The molecule has 4 heterocycles. The van der Waals surface area contributed by atoms with Gasteiger partial charge in [0.05, 0.1) is 28.4 Å². The number of fused-ring (bicyclic) bond motifs is 3. The third-order valence-electron chi connectivity index (χ3n) is 7.16. The van der Waals surface area contributed by atoms with Crippen molar-refractivity contribution in [2.75, 3.05) is 36.9 Å². The summed E-state index contributed by atoms with van der Waals surface area (Å²) in [5.74, 6) is 1.22. The summed E-state index contributed by atoms with van der Waals surface area (Å²) in [6, 6.07) is 12.6. The standard InChI is InChI=1S/C30H30ClN7O4/c1-2-29(39)36-26-13-23-25(14-28(26)40-11-10-38-15-21-6-7-22(16-38)42-21)32-18-33-30(23)35-19-5-8-27(24(31)12-19)41-17-20-4-3-9-34-37-20/h2-5,8-9,12-14,18,21-22H,1,6-7,10-11,15-17H2,(H,36,39)(H,32,33,35). The van der Waals surface area contributed by atoms with Crippen LogP contribution < -0.4 is 20.1 Å². The number of morpholine rings is 1. The number of carbonyl (C=O) groups is 1. The van der Waals surface area contributed by atoms with E-state index in [2.05, 4.69) is 42.3 Å². The molecule has 0 saturated carbocycles. The van der Waals surface area contributed by atoms with E-state index in [9.17, 15) is 4.79 Å². The number of likely N-dealkylation sites (tertiary alicyclic amines) is 1. The highest BCUT2D eigenvalue weighted by atomic mass is 35.5. The fourth-order valence-electron chi connectivity index (χ4n) is 5.15. The smallest absolute Gasteiger partial charge is 0.247 e. The number of aromatic nitrogens is 4. The lowest BCUT2D eigenvalue weighted by Gasteiger charge is -2.31. The Bertz CT molecular complexity index is 1580. The number of nitrogens with one attached hydrogen (secondary N) is 2. The number of anilines is 3. The molecular formula is C30H30ClN7O4. The molecule has 2 aromatic heterocycles. The average Bonchev–Trinajstić information content (AvgIpc) is 3.35. The van der Waals surface area contributed by atoms with Gasteiger partial charge in [0.25, 0.3) is 0 Å². The summed E-state index contributed by atoms with van der Waals surface area (Å²) in [5.41, 5.74) is 2.54. The van der Waals surface area contributed by atoms with Crippen LogP contribution in [0, 0.1) is 0 Å². The van der Waals surface area contributed by atoms with Crippen molar-refractivity contribution in [3.8, 4) is 11.5 Å². The highest BCUT2D eigenvalue weighted by Gasteiger charge is 2.33. The second kappa shape index (κ2) is 12.7. The molecule has 216 valence electrons. The molecule has 2 aliphatic heterocycles. The molecule has 2 fully saturated rings. The van der Waals surface area contributed by atoms with E-state index in [-0.39, 0.29) is 12.5 Å². The first kappa shape index (κ1) is 27.8. The second-order valence-electron chi connectivity index (χ2n) is 10.1. The predicted octanol–water partition coefficient (Wildman–Crippen LogP) is 4.76. The molecule has 2 unspecified atom stereocenters. The summed E-state index contributed by atoms with van der Waals surface area (Å²) in [6.45, 7) is 6.87. The van der Waals surface area contributed by atoms with Crippen molar-refractivity contribution < 1.29 is 19.0 Å². The number of rotatable bonds is 11. The van der Waals surface area contributed by atoms with E-state index in [1.54, 1.807) is 36.5 Å². The van der Waals surface area contributed by atoms with Gasteiger partial charge in [-0.15, -0.1) is 0 Å². The van der Waals surface area contributed by atoms with Crippen molar-refractivity contribution in [1.29, 1.82) is 0 Å². The van der Waals surface area contributed by atoms with Crippen LogP contribution >= 0.6 is 11.6 Å². The quantitative estimate of drug-likeness (QED) is 0.237. The molecule has 6 rings (SSSR count). The number of halogens is 1. The normalized spacial score (nSPS) is 18.0. The van der Waals surface area contributed by atoms with Crippen molar-refractivity contribution in [2.24, 2.45) is 0 Å². The summed E-state index contributed by atoms with van der Waals surface area (Å²) in [6.07, 6.45) is 7.17. The first-order valence-electron chi connectivity index (χ1n) is 13.7. The lowest BCUT2D eigenvalue weighted by Crippen LogP contribution is -2.44. The number of hydrogen-bond acceptors (Lipinski definition) is 10. The van der Waals surface area contributed by atoms with E-state index in [1.807, 2.05) is 12.1 Å². The van der Waals surface area contributed by atoms with E-state index in [1.165, 1.54) is 12.4 Å². The minimum absolute atomic E-state index is 0.244. The number of carbonyl (C=O) groups excluding carboxylic acids is 1. The first-order valence-corrected chi connectivity index (χ1v) is 14.1. The highest BCUT2D eigenvalue weighted by molar-refractivity contribution is 6.32. The summed E-state index contributed by atoms with van der Waals surface area (Å²) < 4.78 is 17.9. The average molecular weight is 588 g/mol. The van der Waals surface area contributed by atoms with Gasteiger partial charge in [-0.3, -0.25) is 9.69 Å². The van der Waals surface area contributed by atoms with Gasteiger partial charge in [0.1, 0.15) is 42.6 Å². The largest absolute Gasteiger partial charge is 0.490 e. The minimum Gasteiger partial charge on any atom is -0.490 e. The van der Waals surface area contributed by atoms with Gasteiger partial charge in [0.2, 0.25) is 5.91 Å². The van der Waals surface area contributed by atoms with Crippen molar-refractivity contribution in [3.63, 3.8) is 0 Å². The molecule has 0 spiro atoms. The number of benzene rings is 2. The van der Waals surface area contributed by atoms with Crippen molar-refractivity contribution in [3.05, 3.63) is 78.4 Å². The Hall–Kier alpha value is -4.32. The van der Waals surface area contributed by atoms with Crippen LogP contribution in [0.5, 0.6) is 11.5 Å². The first-order chi connectivity index (χ1) is 20.5. The van der Waals surface area contributed by atoms with Crippen LogP contribution in [0.15, 0.2) is 67.6 Å². The molecule has 2 aliphatic rings. The van der Waals surface area contributed by atoms with E-state index < -0.39 is 0 Å². The summed E-state index contributed by atoms with van der Waals surface area (Å²) in [7, 11) is 0. The van der Waals surface area contributed by atoms with E-state index in [0.717, 1.165) is 32.5 Å². The predicted molar refractivity (Wildman–Crippen MR) is 159 cm³/mol. The number of hydrogen-bond donors (Lipinski definition) is 2. The van der Waals surface area contributed by atoms with Gasteiger partial charge in [-0.05, 0) is 55.3 Å². The Kier molecular flexibility index (Phi) is 8.40. The van der Waals surface area contributed by atoms with Gasteiger partial charge < -0.3 is 24.8 Å². The molecule has 42 heavy (non-hydrogen) atoms. The number of ether oxygens (including phenoxy) is 3. The lowest BCUT2D eigenvalue weighted by molar-refractivity contribution is -0.111.